The van der Waals surface area contributed by atoms with Gasteiger partial charge >= 0.3 is 0 Å². The Balaban J connectivity index is 2.04. The van der Waals surface area contributed by atoms with E-state index in [9.17, 15) is 4.79 Å². The van der Waals surface area contributed by atoms with Crippen LogP contribution in [0.5, 0.6) is 11.5 Å². The first-order valence-electron chi connectivity index (χ1n) is 7.88. The van der Waals surface area contributed by atoms with Crippen molar-refractivity contribution in [2.45, 2.75) is 19.1 Å². The summed E-state index contributed by atoms with van der Waals surface area (Å²) in [4.78, 5) is 16.1. The predicted octanol–water partition coefficient (Wildman–Crippen LogP) is 1.97. The number of anilines is 1. The van der Waals surface area contributed by atoms with Gasteiger partial charge in [-0.3, -0.25) is 9.78 Å². The summed E-state index contributed by atoms with van der Waals surface area (Å²) in [5, 5.41) is 2.81. The number of rotatable bonds is 9. The number of nitrogens with one attached hydrogen (secondary N) is 1. The minimum atomic E-state index is -0.306. The van der Waals surface area contributed by atoms with Crippen LogP contribution >= 0.6 is 0 Å². The van der Waals surface area contributed by atoms with Gasteiger partial charge in [0, 0.05) is 43.4 Å². The van der Waals surface area contributed by atoms with Crippen LogP contribution in [-0.4, -0.2) is 37.8 Å². The molecule has 134 valence electrons. The summed E-state index contributed by atoms with van der Waals surface area (Å²) in [5.41, 5.74) is 7.08. The SMILES string of the molecule is COc1ccc(NC(=O)CC(CN)OC)cc1OCc1cccnc1. The fourth-order valence-corrected chi connectivity index (χ4v) is 2.19. The molecule has 0 fully saturated rings. The van der Waals surface area contributed by atoms with Gasteiger partial charge in [-0.15, -0.1) is 0 Å². The molecule has 1 heterocycles. The van der Waals surface area contributed by atoms with E-state index in [1.54, 1.807) is 37.7 Å². The monoisotopic (exact) mass is 345 g/mol. The summed E-state index contributed by atoms with van der Waals surface area (Å²) >= 11 is 0. The van der Waals surface area contributed by atoms with Crippen molar-refractivity contribution in [2.24, 2.45) is 5.73 Å². The van der Waals surface area contributed by atoms with E-state index in [0.717, 1.165) is 5.56 Å². The quantitative estimate of drug-likeness (QED) is 0.721. The van der Waals surface area contributed by atoms with Crippen molar-refractivity contribution < 1.29 is 19.0 Å². The lowest BCUT2D eigenvalue weighted by Gasteiger charge is -2.15. The van der Waals surface area contributed by atoms with E-state index in [1.807, 2.05) is 12.1 Å². The van der Waals surface area contributed by atoms with Crippen LogP contribution in [0.1, 0.15) is 12.0 Å². The van der Waals surface area contributed by atoms with Crippen molar-refractivity contribution in [1.82, 2.24) is 4.98 Å². The number of carbonyl (C=O) groups excluding carboxylic acids is 1. The standard InChI is InChI=1S/C18H23N3O4/c1-23-15(10-19)9-18(22)21-14-5-6-16(24-2)17(8-14)25-12-13-4-3-7-20-11-13/h3-8,11,15H,9-10,12,19H2,1-2H3,(H,21,22). The molecule has 1 unspecified atom stereocenters. The lowest BCUT2D eigenvalue weighted by Crippen LogP contribution is -2.28. The van der Waals surface area contributed by atoms with Crippen LogP contribution in [0, 0.1) is 0 Å². The molecule has 0 bridgehead atoms. The number of pyridine rings is 1. The molecule has 25 heavy (non-hydrogen) atoms. The number of ether oxygens (including phenoxy) is 3. The summed E-state index contributed by atoms with van der Waals surface area (Å²) in [6, 6.07) is 8.97. The molecule has 3 N–H and O–H groups in total. The first-order valence-corrected chi connectivity index (χ1v) is 7.88. The Bertz CT molecular complexity index is 675. The van der Waals surface area contributed by atoms with Gasteiger partial charge in [-0.1, -0.05) is 6.07 Å². The average Bonchev–Trinajstić information content (AvgIpc) is 2.65. The van der Waals surface area contributed by atoms with Crippen molar-refractivity contribution in [1.29, 1.82) is 0 Å². The van der Waals surface area contributed by atoms with Gasteiger partial charge in [0.2, 0.25) is 5.91 Å². The number of methoxy groups -OCH3 is 2. The van der Waals surface area contributed by atoms with Crippen LogP contribution < -0.4 is 20.5 Å². The highest BCUT2D eigenvalue weighted by Gasteiger charge is 2.13. The molecule has 1 aromatic carbocycles. The first kappa shape index (κ1) is 18.7. The van der Waals surface area contributed by atoms with Crippen LogP contribution in [0.15, 0.2) is 42.7 Å². The fourth-order valence-electron chi connectivity index (χ4n) is 2.19. The summed E-state index contributed by atoms with van der Waals surface area (Å²) in [5.74, 6) is 0.936. The average molecular weight is 345 g/mol. The molecule has 2 rings (SSSR count). The number of amides is 1. The van der Waals surface area contributed by atoms with Crippen LogP contribution in [-0.2, 0) is 16.1 Å². The van der Waals surface area contributed by atoms with Crippen molar-refractivity contribution in [3.63, 3.8) is 0 Å². The van der Waals surface area contributed by atoms with Gasteiger partial charge in [0.05, 0.1) is 19.6 Å². The van der Waals surface area contributed by atoms with Crippen molar-refractivity contribution >= 4 is 11.6 Å². The molecule has 1 atom stereocenters. The van der Waals surface area contributed by atoms with Gasteiger partial charge in [0.15, 0.2) is 11.5 Å². The second kappa shape index (κ2) is 9.61. The number of aromatic nitrogens is 1. The third kappa shape index (κ3) is 5.74. The summed E-state index contributed by atoms with van der Waals surface area (Å²) in [6.07, 6.45) is 3.31. The maximum absolute atomic E-state index is 12.1. The highest BCUT2D eigenvalue weighted by molar-refractivity contribution is 5.91. The highest BCUT2D eigenvalue weighted by Crippen LogP contribution is 2.31. The number of nitrogens with two attached hydrogens (primary N) is 1. The Labute approximate surface area is 147 Å². The molecule has 2 aromatic rings. The minimum Gasteiger partial charge on any atom is -0.493 e. The Kier molecular flexibility index (Phi) is 7.18. The largest absolute Gasteiger partial charge is 0.493 e. The number of hydrogen-bond donors (Lipinski definition) is 2. The zero-order chi connectivity index (χ0) is 18.1. The molecule has 0 spiro atoms. The highest BCUT2D eigenvalue weighted by atomic mass is 16.5. The van der Waals surface area contributed by atoms with Gasteiger partial charge in [-0.25, -0.2) is 0 Å². The number of benzene rings is 1. The van der Waals surface area contributed by atoms with Crippen LogP contribution in [0.2, 0.25) is 0 Å². The van der Waals surface area contributed by atoms with Crippen molar-refractivity contribution in [3.8, 4) is 11.5 Å². The van der Waals surface area contributed by atoms with Crippen molar-refractivity contribution in [3.05, 3.63) is 48.3 Å². The molecule has 0 radical (unpaired) electrons. The van der Waals surface area contributed by atoms with Gasteiger partial charge < -0.3 is 25.3 Å². The summed E-state index contributed by atoms with van der Waals surface area (Å²) in [7, 11) is 3.09. The van der Waals surface area contributed by atoms with Gasteiger partial charge in [-0.2, -0.15) is 0 Å². The molecule has 7 nitrogen and oxygen atoms in total. The molecule has 0 aliphatic rings. The third-order valence-corrected chi connectivity index (χ3v) is 3.57. The van der Waals surface area contributed by atoms with Gasteiger partial charge in [-0.05, 0) is 18.2 Å². The molecule has 1 amide bonds. The zero-order valence-electron chi connectivity index (χ0n) is 14.4. The molecular weight excluding hydrogens is 322 g/mol. The van der Waals surface area contributed by atoms with Crippen molar-refractivity contribution in [2.75, 3.05) is 26.1 Å². The molecule has 0 saturated carbocycles. The van der Waals surface area contributed by atoms with E-state index in [4.69, 9.17) is 19.9 Å². The van der Waals surface area contributed by atoms with Crippen LogP contribution in [0.3, 0.4) is 0 Å². The lowest BCUT2D eigenvalue weighted by molar-refractivity contribution is -0.118. The van der Waals surface area contributed by atoms with E-state index in [0.29, 0.717) is 23.8 Å². The second-order valence-electron chi connectivity index (χ2n) is 5.36. The topological polar surface area (TPSA) is 95.7 Å². The maximum Gasteiger partial charge on any atom is 0.227 e. The zero-order valence-corrected chi connectivity index (χ0v) is 14.4. The van der Waals surface area contributed by atoms with Gasteiger partial charge in [0.1, 0.15) is 6.61 Å². The summed E-state index contributed by atoms with van der Waals surface area (Å²) < 4.78 is 16.2. The molecule has 0 aliphatic carbocycles. The number of carbonyl (C=O) groups is 1. The van der Waals surface area contributed by atoms with E-state index in [-0.39, 0.29) is 25.0 Å². The van der Waals surface area contributed by atoms with E-state index >= 15 is 0 Å². The minimum absolute atomic E-state index is 0.180. The van der Waals surface area contributed by atoms with Crippen LogP contribution in [0.4, 0.5) is 5.69 Å². The van der Waals surface area contributed by atoms with Gasteiger partial charge in [0.25, 0.3) is 0 Å². The Hall–Kier alpha value is -2.64. The molecule has 7 heteroatoms. The van der Waals surface area contributed by atoms with Crippen LogP contribution in [0.25, 0.3) is 0 Å². The smallest absolute Gasteiger partial charge is 0.227 e. The predicted molar refractivity (Wildman–Crippen MR) is 94.7 cm³/mol. The fraction of sp³-hybridized carbons (Fsp3) is 0.333. The molecular formula is C18H23N3O4. The summed E-state index contributed by atoms with van der Waals surface area (Å²) in [6.45, 7) is 0.631. The normalized spacial score (nSPS) is 11.6. The Morgan fingerprint density at radius 1 is 1.28 bits per heavy atom. The Morgan fingerprint density at radius 2 is 2.12 bits per heavy atom. The van der Waals surface area contributed by atoms with E-state index < -0.39 is 0 Å². The molecule has 0 aliphatic heterocycles. The molecule has 0 saturated heterocycles. The Morgan fingerprint density at radius 3 is 2.76 bits per heavy atom. The van der Waals surface area contributed by atoms with E-state index in [2.05, 4.69) is 10.3 Å². The number of hydrogen-bond acceptors (Lipinski definition) is 6. The third-order valence-electron chi connectivity index (χ3n) is 3.57. The number of nitrogens with zero attached hydrogens (tertiary/aromatic N) is 1. The van der Waals surface area contributed by atoms with E-state index in [1.165, 1.54) is 7.11 Å². The first-order chi connectivity index (χ1) is 12.2. The molecule has 1 aromatic heterocycles. The second-order valence-corrected chi connectivity index (χ2v) is 5.36. The lowest BCUT2D eigenvalue weighted by atomic mass is 10.2. The maximum atomic E-state index is 12.1.